The predicted octanol–water partition coefficient (Wildman–Crippen LogP) is 0.918. The Balaban J connectivity index is 0.00000400. The van der Waals surface area contributed by atoms with Gasteiger partial charge in [0.15, 0.2) is 5.96 Å². The molecule has 1 rings (SSSR count). The molecule has 126 valence electrons. The summed E-state index contributed by atoms with van der Waals surface area (Å²) in [6, 6.07) is 0. The van der Waals surface area contributed by atoms with Crippen LogP contribution in [0.3, 0.4) is 0 Å². The van der Waals surface area contributed by atoms with Crippen molar-refractivity contribution in [2.75, 3.05) is 66.2 Å². The number of aliphatic imine (C=N–C) groups is 1. The summed E-state index contributed by atoms with van der Waals surface area (Å²) in [7, 11) is 1.71. The van der Waals surface area contributed by atoms with Crippen LogP contribution in [-0.2, 0) is 9.47 Å². The Morgan fingerprint density at radius 1 is 1.24 bits per heavy atom. The number of hydrogen-bond acceptors (Lipinski definition) is 4. The molecule has 1 heterocycles. The molecule has 0 aromatic carbocycles. The number of hydrogen-bond donors (Lipinski definition) is 2. The van der Waals surface area contributed by atoms with Crippen molar-refractivity contribution in [3.63, 3.8) is 0 Å². The van der Waals surface area contributed by atoms with Crippen molar-refractivity contribution in [2.45, 2.75) is 19.8 Å². The molecule has 0 aromatic heterocycles. The van der Waals surface area contributed by atoms with Crippen LogP contribution >= 0.6 is 24.0 Å². The van der Waals surface area contributed by atoms with Crippen LogP contribution in [-0.4, -0.2) is 77.1 Å². The third-order valence-corrected chi connectivity index (χ3v) is 3.20. The van der Waals surface area contributed by atoms with Gasteiger partial charge in [-0.3, -0.25) is 9.89 Å². The monoisotopic (exact) mass is 414 g/mol. The van der Waals surface area contributed by atoms with E-state index in [9.17, 15) is 0 Å². The second kappa shape index (κ2) is 14.8. The van der Waals surface area contributed by atoms with Gasteiger partial charge in [0.1, 0.15) is 0 Å². The maximum Gasteiger partial charge on any atom is 0.191 e. The fourth-order valence-electron chi connectivity index (χ4n) is 2.08. The van der Waals surface area contributed by atoms with Gasteiger partial charge in [-0.05, 0) is 26.3 Å². The second-order valence-electron chi connectivity index (χ2n) is 4.84. The van der Waals surface area contributed by atoms with Crippen molar-refractivity contribution in [3.8, 4) is 0 Å². The van der Waals surface area contributed by atoms with Crippen LogP contribution < -0.4 is 10.6 Å². The van der Waals surface area contributed by atoms with Gasteiger partial charge < -0.3 is 20.1 Å². The van der Waals surface area contributed by atoms with Crippen molar-refractivity contribution in [1.29, 1.82) is 0 Å². The summed E-state index contributed by atoms with van der Waals surface area (Å²) < 4.78 is 10.4. The minimum Gasteiger partial charge on any atom is -0.383 e. The molecule has 0 bridgehead atoms. The number of unbranched alkanes of at least 4 members (excludes halogenated alkanes) is 1. The molecule has 0 atom stereocenters. The molecule has 21 heavy (non-hydrogen) atoms. The lowest BCUT2D eigenvalue weighted by Crippen LogP contribution is -2.39. The standard InChI is InChI=1S/C14H30N4O2.HI/c1-3-15-14(17-7-11-19-2)16-6-4-5-8-18-9-12-20-13-10-18;/h3-13H2,1-2H3,(H2,15,16,17);1H. The van der Waals surface area contributed by atoms with Gasteiger partial charge in [-0.25, -0.2) is 0 Å². The first-order valence-corrected chi connectivity index (χ1v) is 7.68. The number of halogens is 1. The van der Waals surface area contributed by atoms with E-state index in [1.165, 1.54) is 6.42 Å². The zero-order valence-corrected chi connectivity index (χ0v) is 15.7. The van der Waals surface area contributed by atoms with Gasteiger partial charge in [-0.1, -0.05) is 0 Å². The van der Waals surface area contributed by atoms with E-state index in [1.54, 1.807) is 7.11 Å². The summed E-state index contributed by atoms with van der Waals surface area (Å²) in [5, 5.41) is 6.49. The molecular formula is C14H31IN4O2. The lowest BCUT2D eigenvalue weighted by atomic mass is 10.3. The Labute approximate surface area is 146 Å². The van der Waals surface area contributed by atoms with Crippen molar-refractivity contribution in [1.82, 2.24) is 15.5 Å². The summed E-state index contributed by atoms with van der Waals surface area (Å²) in [6.07, 6.45) is 2.32. The highest BCUT2D eigenvalue weighted by molar-refractivity contribution is 14.0. The SMILES string of the molecule is CCNC(=NCCCCN1CCOCC1)NCCOC.I. The van der Waals surface area contributed by atoms with E-state index in [2.05, 4.69) is 27.4 Å². The van der Waals surface area contributed by atoms with E-state index in [-0.39, 0.29) is 24.0 Å². The highest BCUT2D eigenvalue weighted by Crippen LogP contribution is 2.00. The molecule has 2 N–H and O–H groups in total. The normalized spacial score (nSPS) is 16.4. The minimum absolute atomic E-state index is 0. The predicted molar refractivity (Wildman–Crippen MR) is 97.8 cm³/mol. The van der Waals surface area contributed by atoms with Gasteiger partial charge in [0.05, 0.1) is 19.8 Å². The molecule has 1 aliphatic heterocycles. The first-order chi connectivity index (χ1) is 9.86. The lowest BCUT2D eigenvalue weighted by Gasteiger charge is -2.26. The second-order valence-corrected chi connectivity index (χ2v) is 4.84. The first kappa shape index (κ1) is 20.9. The highest BCUT2D eigenvalue weighted by Gasteiger charge is 2.08. The van der Waals surface area contributed by atoms with E-state index in [0.717, 1.165) is 64.9 Å². The topological polar surface area (TPSA) is 58.1 Å². The van der Waals surface area contributed by atoms with Crippen LogP contribution in [0.1, 0.15) is 19.8 Å². The van der Waals surface area contributed by atoms with Crippen LogP contribution in [0.5, 0.6) is 0 Å². The molecule has 0 radical (unpaired) electrons. The molecule has 0 aromatic rings. The summed E-state index contributed by atoms with van der Waals surface area (Å²) in [5.74, 6) is 0.885. The quantitative estimate of drug-likeness (QED) is 0.254. The van der Waals surface area contributed by atoms with Crippen molar-refractivity contribution in [3.05, 3.63) is 0 Å². The van der Waals surface area contributed by atoms with Crippen LogP contribution in [0.25, 0.3) is 0 Å². The van der Waals surface area contributed by atoms with Gasteiger partial charge in [0.2, 0.25) is 0 Å². The van der Waals surface area contributed by atoms with E-state index in [1.807, 2.05) is 0 Å². The van der Waals surface area contributed by atoms with E-state index in [4.69, 9.17) is 9.47 Å². The Morgan fingerprint density at radius 2 is 2.00 bits per heavy atom. The zero-order valence-electron chi connectivity index (χ0n) is 13.4. The fraction of sp³-hybridized carbons (Fsp3) is 0.929. The number of morpholine rings is 1. The molecule has 6 nitrogen and oxygen atoms in total. The Bertz CT molecular complexity index is 261. The first-order valence-electron chi connectivity index (χ1n) is 7.68. The Hall–Kier alpha value is -0.120. The molecule has 7 heteroatoms. The average Bonchev–Trinajstić information content (AvgIpc) is 2.48. The number of nitrogens with zero attached hydrogens (tertiary/aromatic N) is 2. The maximum absolute atomic E-state index is 5.34. The number of methoxy groups -OCH3 is 1. The average molecular weight is 414 g/mol. The van der Waals surface area contributed by atoms with Gasteiger partial charge in [0, 0.05) is 39.8 Å². The van der Waals surface area contributed by atoms with Crippen LogP contribution in [0.15, 0.2) is 4.99 Å². The minimum atomic E-state index is 0. The van der Waals surface area contributed by atoms with Crippen LogP contribution in [0.4, 0.5) is 0 Å². The summed E-state index contributed by atoms with van der Waals surface area (Å²) in [6.45, 7) is 10.4. The molecule has 1 saturated heterocycles. The number of nitrogens with one attached hydrogen (secondary N) is 2. The Morgan fingerprint density at radius 3 is 2.67 bits per heavy atom. The molecule has 0 saturated carbocycles. The molecule has 1 fully saturated rings. The van der Waals surface area contributed by atoms with Crippen molar-refractivity contribution >= 4 is 29.9 Å². The van der Waals surface area contributed by atoms with Gasteiger partial charge in [0.25, 0.3) is 0 Å². The zero-order chi connectivity index (χ0) is 14.5. The summed E-state index contributed by atoms with van der Waals surface area (Å²) in [5.41, 5.74) is 0. The Kier molecular flexibility index (Phi) is 14.7. The highest BCUT2D eigenvalue weighted by atomic mass is 127. The molecule has 1 aliphatic rings. The summed E-state index contributed by atoms with van der Waals surface area (Å²) in [4.78, 5) is 7.03. The van der Waals surface area contributed by atoms with E-state index < -0.39 is 0 Å². The van der Waals surface area contributed by atoms with Crippen molar-refractivity contribution < 1.29 is 9.47 Å². The molecule has 0 unspecified atom stereocenters. The molecular weight excluding hydrogens is 383 g/mol. The van der Waals surface area contributed by atoms with E-state index in [0.29, 0.717) is 6.61 Å². The lowest BCUT2D eigenvalue weighted by molar-refractivity contribution is 0.0373. The maximum atomic E-state index is 5.34. The van der Waals surface area contributed by atoms with Gasteiger partial charge in [-0.2, -0.15) is 0 Å². The van der Waals surface area contributed by atoms with Crippen LogP contribution in [0.2, 0.25) is 0 Å². The van der Waals surface area contributed by atoms with E-state index >= 15 is 0 Å². The smallest absolute Gasteiger partial charge is 0.191 e. The van der Waals surface area contributed by atoms with Crippen molar-refractivity contribution in [2.24, 2.45) is 4.99 Å². The fourth-order valence-corrected chi connectivity index (χ4v) is 2.08. The van der Waals surface area contributed by atoms with Crippen LogP contribution in [0, 0.1) is 0 Å². The number of rotatable bonds is 9. The number of ether oxygens (including phenoxy) is 2. The number of guanidine groups is 1. The molecule has 0 aliphatic carbocycles. The van der Waals surface area contributed by atoms with Gasteiger partial charge in [-0.15, -0.1) is 24.0 Å². The van der Waals surface area contributed by atoms with Gasteiger partial charge >= 0.3 is 0 Å². The third kappa shape index (κ3) is 11.1. The molecule has 0 amide bonds. The largest absolute Gasteiger partial charge is 0.383 e. The summed E-state index contributed by atoms with van der Waals surface area (Å²) >= 11 is 0. The molecule has 0 spiro atoms. The third-order valence-electron chi connectivity index (χ3n) is 3.20.